The number of hydrogen-bond donors (Lipinski definition) is 24. The SMILES string of the molecule is O=C(O)c1ccc(SC[C@H]2O[C@@H]3O[C@H]4[C@H](O)[C@@H](O)[C@@H](O[C@H]5[C@H](O)[C@@H](O)[C@@H](O[C@H]6[C@H](O)[C@@H](O)[C@@H](O[C@H]7[C@H](O)[C@@H](O)[C@@H](O[C@H]8[C@@H](O)[C@H](O)[C@@H](O[C@H]9[C@H](O)[C@@H](O)[C@@H](O[C@H]%10[C@@H](O)[C@@H](O)[C@@H](O[C@H]2[C@H](O)[C@H]3O)O[C@@H]%10CO)O[C@@H]9CO)O[C@@H]8CO)O[C@@H]7CO)O[C@@H]6CO)O[C@@H]5CO)O[C@@H]4CO)cc1. The quantitative estimate of drug-likeness (QED) is 0.0915. The van der Waals surface area contributed by atoms with Crippen LogP contribution in [-0.4, -0.2) is 426 Å². The highest BCUT2D eigenvalue weighted by Gasteiger charge is 2.60. The number of ether oxygens (including phenoxy) is 16. The lowest BCUT2D eigenvalue weighted by atomic mass is 9.95. The van der Waals surface area contributed by atoms with Crippen molar-refractivity contribution >= 4 is 17.7 Å². The summed E-state index contributed by atoms with van der Waals surface area (Å²) in [7, 11) is 0. The van der Waals surface area contributed by atoms with Gasteiger partial charge < -0.3 is 198 Å². The van der Waals surface area contributed by atoms with Gasteiger partial charge in [-0.3, -0.25) is 0 Å². The van der Waals surface area contributed by atoms with Crippen molar-refractivity contribution in [2.24, 2.45) is 0 Å². The molecular weight excluding hydrogens is 1350 g/mol. The van der Waals surface area contributed by atoms with E-state index in [-0.39, 0.29) is 11.3 Å². The summed E-state index contributed by atoms with van der Waals surface area (Å²) >= 11 is 0.946. The van der Waals surface area contributed by atoms with E-state index in [4.69, 9.17) is 75.8 Å². The lowest BCUT2D eigenvalue weighted by Crippen LogP contribution is -2.69. The minimum absolute atomic E-state index is 0.0991. The smallest absolute Gasteiger partial charge is 0.335 e. The number of aromatic carboxylic acids is 1. The van der Waals surface area contributed by atoms with Gasteiger partial charge in [0.25, 0.3) is 0 Å². The fourth-order valence-electron chi connectivity index (χ4n) is 12.8. The second kappa shape index (κ2) is 33.1. The van der Waals surface area contributed by atoms with Crippen molar-refractivity contribution in [2.45, 2.75) is 251 Å². The van der Waals surface area contributed by atoms with Gasteiger partial charge in [-0.2, -0.15) is 0 Å². The summed E-state index contributed by atoms with van der Waals surface area (Å²) in [5, 5.41) is 268. The molecule has 30 aliphatic rings. The van der Waals surface area contributed by atoms with E-state index in [1.165, 1.54) is 24.3 Å². The molecule has 1 aromatic carbocycles. The number of carboxylic acids is 1. The number of benzene rings is 1. The van der Waals surface area contributed by atoms with Crippen LogP contribution >= 0.6 is 11.8 Å². The van der Waals surface area contributed by atoms with E-state index in [1.807, 2.05) is 0 Å². The maximum atomic E-state index is 11.9. The molecule has 41 nitrogen and oxygen atoms in total. The predicted molar refractivity (Wildman–Crippen MR) is 298 cm³/mol. The molecule has 30 saturated heterocycles. The summed E-state index contributed by atoms with van der Waals surface area (Å²) in [6, 6.07) is 5.32. The highest BCUT2D eigenvalue weighted by Crippen LogP contribution is 2.41. The van der Waals surface area contributed by atoms with Gasteiger partial charge in [0.2, 0.25) is 0 Å². The largest absolute Gasteiger partial charge is 0.478 e. The minimum atomic E-state index is -2.27. The van der Waals surface area contributed by atoms with E-state index >= 15 is 0 Å². The molecule has 0 radical (unpaired) electrons. The third kappa shape index (κ3) is 15.8. The molecule has 30 heterocycles. The van der Waals surface area contributed by atoms with Gasteiger partial charge in [-0.05, 0) is 24.3 Å². The molecule has 0 unspecified atom stereocenters. The standard InChI is InChI=1S/C55H84O41S/c56-5-15-39-23(63)31(71)48(81-15)90-40-16(6-57)83-50(33(73)25(40)65)92-42-18(8-59)85-52(35(75)27(42)67)94-44-20(10-61)87-54(37(77)29(44)69)96-46-22(12-97-14-3-1-13(2-4-14)47(79)80)88-55(38(78)30(46)70)95-45-21(11-62)86-53(36(76)28(45)68)93-43-19(9-60)84-51(34(74)26(43)66)91-41-17(7-58)82-49(89-39)32(72)24(41)64/h1-4,15-46,48-78H,5-12H2,(H,79,80)/t15-,16-,17-,18-,19-,20-,21-,22-,23-,24-,25+,26-,27-,28-,29+,30-,31-,32-,33+,34-,35-,36-,37-,38-,39-,40-,41-,42-,43-,44-,45-,46-,48-,49-,50-,51-,52-,53-,54-,55-/m1/s1. The number of thioether (sulfide) groups is 1. The van der Waals surface area contributed by atoms with E-state index in [9.17, 15) is 127 Å². The molecule has 0 spiro atoms. The van der Waals surface area contributed by atoms with Crippen LogP contribution in [0.2, 0.25) is 0 Å². The Kier molecular flexibility index (Phi) is 26.3. The van der Waals surface area contributed by atoms with Gasteiger partial charge in [-0.1, -0.05) is 0 Å². The molecule has 556 valence electrons. The van der Waals surface area contributed by atoms with Gasteiger partial charge >= 0.3 is 5.97 Å². The molecule has 30 aliphatic heterocycles. The zero-order valence-electron chi connectivity index (χ0n) is 50.6. The van der Waals surface area contributed by atoms with Crippen molar-refractivity contribution < 1.29 is 203 Å². The number of rotatable bonds is 11. The molecule has 97 heavy (non-hydrogen) atoms. The molecule has 0 aromatic heterocycles. The van der Waals surface area contributed by atoms with Crippen LogP contribution in [0, 0.1) is 0 Å². The third-order valence-corrected chi connectivity index (χ3v) is 19.3. The third-order valence-electron chi connectivity index (χ3n) is 18.2. The van der Waals surface area contributed by atoms with Crippen LogP contribution in [0.5, 0.6) is 0 Å². The van der Waals surface area contributed by atoms with E-state index in [2.05, 4.69) is 0 Å². The van der Waals surface area contributed by atoms with Crippen LogP contribution in [0.3, 0.4) is 0 Å². The molecule has 16 bridgehead atoms. The van der Waals surface area contributed by atoms with Gasteiger partial charge in [-0.15, -0.1) is 11.8 Å². The minimum Gasteiger partial charge on any atom is -0.478 e. The van der Waals surface area contributed by atoms with Crippen LogP contribution in [0.25, 0.3) is 0 Å². The summed E-state index contributed by atoms with van der Waals surface area (Å²) in [6.07, 6.45) is -82.2. The average molecular weight is 1430 g/mol. The van der Waals surface area contributed by atoms with Crippen molar-refractivity contribution in [1.82, 2.24) is 0 Å². The number of carbonyl (C=O) groups is 1. The zero-order valence-corrected chi connectivity index (χ0v) is 51.5. The summed E-state index contributed by atoms with van der Waals surface area (Å²) < 4.78 is 92.8. The normalized spacial score (nSPS) is 51.2. The van der Waals surface area contributed by atoms with Crippen LogP contribution in [0.4, 0.5) is 0 Å². The summed E-state index contributed by atoms with van der Waals surface area (Å²) in [4.78, 5) is 12.0. The van der Waals surface area contributed by atoms with Crippen molar-refractivity contribution in [3.8, 4) is 0 Å². The predicted octanol–water partition coefficient (Wildman–Crippen LogP) is -14.9. The van der Waals surface area contributed by atoms with E-state index in [0.29, 0.717) is 4.90 Å². The molecule has 0 aliphatic carbocycles. The van der Waals surface area contributed by atoms with Gasteiger partial charge in [0, 0.05) is 10.6 Å². The van der Waals surface area contributed by atoms with Gasteiger partial charge in [-0.25, -0.2) is 4.79 Å². The summed E-state index contributed by atoms with van der Waals surface area (Å²) in [5.41, 5.74) is -0.0991. The zero-order chi connectivity index (χ0) is 70.3. The van der Waals surface area contributed by atoms with Gasteiger partial charge in [0.05, 0.1) is 57.9 Å². The van der Waals surface area contributed by atoms with Crippen LogP contribution in [-0.2, 0) is 75.8 Å². The first-order valence-corrected chi connectivity index (χ1v) is 31.8. The first-order chi connectivity index (χ1) is 46.2. The van der Waals surface area contributed by atoms with Gasteiger partial charge in [0.1, 0.15) is 189 Å². The fraction of sp³-hybridized carbons (Fsp3) is 0.873. The Bertz CT molecular complexity index is 2610. The van der Waals surface area contributed by atoms with Crippen LogP contribution in [0.1, 0.15) is 10.4 Å². The van der Waals surface area contributed by atoms with Gasteiger partial charge in [0.15, 0.2) is 50.3 Å². The fourth-order valence-corrected chi connectivity index (χ4v) is 13.7. The Labute approximate surface area is 551 Å². The maximum absolute atomic E-state index is 11.9. The topological polar surface area (TPSA) is 650 Å². The van der Waals surface area contributed by atoms with Crippen molar-refractivity contribution in [3.63, 3.8) is 0 Å². The first-order valence-electron chi connectivity index (χ1n) is 30.8. The van der Waals surface area contributed by atoms with E-state index in [0.717, 1.165) is 11.8 Å². The Morgan fingerprint density at radius 3 is 0.588 bits per heavy atom. The molecule has 0 amide bonds. The molecule has 42 heteroatoms. The van der Waals surface area contributed by atoms with E-state index in [1.54, 1.807) is 0 Å². The molecular formula is C55H84O41S. The Morgan fingerprint density at radius 2 is 0.423 bits per heavy atom. The Hall–Kier alpha value is -2.52. The lowest BCUT2D eigenvalue weighted by molar-refractivity contribution is -0.403. The Balaban J connectivity index is 0.931. The molecule has 1 aromatic rings. The molecule has 31 rings (SSSR count). The molecule has 24 N–H and O–H groups in total. The van der Waals surface area contributed by atoms with Crippen molar-refractivity contribution in [3.05, 3.63) is 29.8 Å². The highest BCUT2D eigenvalue weighted by atomic mass is 32.2. The number of aliphatic hydroxyl groups excluding tert-OH is 23. The number of carboxylic acid groups (broad SMARTS) is 1. The highest BCUT2D eigenvalue weighted by molar-refractivity contribution is 7.99. The van der Waals surface area contributed by atoms with Crippen molar-refractivity contribution in [1.29, 1.82) is 0 Å². The molecule has 0 saturated carbocycles. The number of hydrogen-bond acceptors (Lipinski definition) is 41. The maximum Gasteiger partial charge on any atom is 0.335 e. The van der Waals surface area contributed by atoms with Crippen LogP contribution in [0.15, 0.2) is 29.2 Å². The average Bonchev–Trinajstić information content (AvgIpc) is 0.779. The monoisotopic (exact) mass is 1430 g/mol. The summed E-state index contributed by atoms with van der Waals surface area (Å²) in [6.45, 7) is -7.64. The second-order valence-electron chi connectivity index (χ2n) is 24.4. The molecule has 40 atom stereocenters. The Morgan fingerprint density at radius 1 is 0.258 bits per heavy atom. The summed E-state index contributed by atoms with van der Waals surface area (Å²) in [5.74, 6) is -1.58. The van der Waals surface area contributed by atoms with E-state index < -0.39 is 298 Å². The van der Waals surface area contributed by atoms with Crippen LogP contribution < -0.4 is 0 Å². The second-order valence-corrected chi connectivity index (χ2v) is 25.5. The lowest BCUT2D eigenvalue weighted by Gasteiger charge is -2.50. The first kappa shape index (κ1) is 77.1. The number of aliphatic hydroxyl groups is 23. The van der Waals surface area contributed by atoms with Crippen molar-refractivity contribution in [2.75, 3.05) is 52.0 Å². The molecule has 30 fully saturated rings.